The van der Waals surface area contributed by atoms with Crippen molar-refractivity contribution in [2.45, 2.75) is 31.8 Å². The van der Waals surface area contributed by atoms with E-state index >= 15 is 0 Å². The SMILES string of the molecule is NCCCC(=O)Nc1ccc(NC(=O)C2CCCO2)c(Cl)c1. The van der Waals surface area contributed by atoms with Crippen LogP contribution in [0.4, 0.5) is 11.4 Å². The first-order chi connectivity index (χ1) is 10.6. The van der Waals surface area contributed by atoms with E-state index in [9.17, 15) is 9.59 Å². The molecule has 0 radical (unpaired) electrons. The van der Waals surface area contributed by atoms with Gasteiger partial charge < -0.3 is 21.1 Å². The van der Waals surface area contributed by atoms with E-state index in [1.165, 1.54) is 0 Å². The van der Waals surface area contributed by atoms with E-state index in [4.69, 9.17) is 22.1 Å². The molecule has 1 aromatic rings. The fraction of sp³-hybridized carbons (Fsp3) is 0.467. The number of rotatable bonds is 6. The van der Waals surface area contributed by atoms with Gasteiger partial charge in [-0.3, -0.25) is 9.59 Å². The van der Waals surface area contributed by atoms with Gasteiger partial charge in [0.05, 0.1) is 10.7 Å². The minimum Gasteiger partial charge on any atom is -0.368 e. The van der Waals surface area contributed by atoms with Crippen LogP contribution in [0.3, 0.4) is 0 Å². The summed E-state index contributed by atoms with van der Waals surface area (Å²) in [5, 5.41) is 5.84. The molecule has 22 heavy (non-hydrogen) atoms. The van der Waals surface area contributed by atoms with Gasteiger partial charge >= 0.3 is 0 Å². The number of ether oxygens (including phenoxy) is 1. The second kappa shape index (κ2) is 8.12. The highest BCUT2D eigenvalue weighted by Crippen LogP contribution is 2.26. The zero-order chi connectivity index (χ0) is 15.9. The molecule has 0 aromatic heterocycles. The van der Waals surface area contributed by atoms with Gasteiger partial charge in [-0.15, -0.1) is 0 Å². The maximum absolute atomic E-state index is 12.0. The lowest BCUT2D eigenvalue weighted by atomic mass is 10.2. The van der Waals surface area contributed by atoms with Crippen LogP contribution < -0.4 is 16.4 Å². The lowest BCUT2D eigenvalue weighted by molar-refractivity contribution is -0.124. The summed E-state index contributed by atoms with van der Waals surface area (Å²) < 4.78 is 5.32. The van der Waals surface area contributed by atoms with Crippen LogP contribution >= 0.6 is 11.6 Å². The quantitative estimate of drug-likeness (QED) is 0.747. The van der Waals surface area contributed by atoms with Gasteiger partial charge in [-0.05, 0) is 44.0 Å². The minimum absolute atomic E-state index is 0.113. The van der Waals surface area contributed by atoms with E-state index in [2.05, 4.69) is 10.6 Å². The van der Waals surface area contributed by atoms with Crippen LogP contribution in [-0.2, 0) is 14.3 Å². The van der Waals surface area contributed by atoms with Crippen molar-refractivity contribution in [2.24, 2.45) is 5.73 Å². The van der Waals surface area contributed by atoms with Crippen molar-refractivity contribution in [3.05, 3.63) is 23.2 Å². The standard InChI is InChI=1S/C15H20ClN3O3/c16-11-9-10(18-14(20)4-1-7-17)5-6-12(11)19-15(21)13-3-2-8-22-13/h5-6,9,13H,1-4,7-8,17H2,(H,18,20)(H,19,21). The van der Waals surface area contributed by atoms with Crippen molar-refractivity contribution >= 4 is 34.8 Å². The predicted molar refractivity (Wildman–Crippen MR) is 86.0 cm³/mol. The molecule has 6 nitrogen and oxygen atoms in total. The first-order valence-corrected chi connectivity index (χ1v) is 7.70. The Kier molecular flexibility index (Phi) is 6.18. The molecule has 1 unspecified atom stereocenters. The Morgan fingerprint density at radius 3 is 2.82 bits per heavy atom. The number of anilines is 2. The van der Waals surface area contributed by atoms with Crippen molar-refractivity contribution in [3.63, 3.8) is 0 Å². The number of hydrogen-bond donors (Lipinski definition) is 3. The second-order valence-electron chi connectivity index (χ2n) is 5.13. The molecule has 1 aliphatic rings. The number of carbonyl (C=O) groups is 2. The molecule has 1 atom stereocenters. The van der Waals surface area contributed by atoms with Crippen molar-refractivity contribution in [1.82, 2.24) is 0 Å². The normalized spacial score (nSPS) is 17.3. The highest BCUT2D eigenvalue weighted by Gasteiger charge is 2.24. The van der Waals surface area contributed by atoms with Crippen molar-refractivity contribution < 1.29 is 14.3 Å². The molecule has 2 rings (SSSR count). The van der Waals surface area contributed by atoms with Crippen LogP contribution in [0.5, 0.6) is 0 Å². The third kappa shape index (κ3) is 4.69. The zero-order valence-corrected chi connectivity index (χ0v) is 13.0. The Labute approximate surface area is 134 Å². The average molecular weight is 326 g/mol. The molecule has 1 aliphatic heterocycles. The number of carbonyl (C=O) groups excluding carboxylic acids is 2. The molecular formula is C15H20ClN3O3. The summed E-state index contributed by atoms with van der Waals surface area (Å²) >= 11 is 6.14. The van der Waals surface area contributed by atoms with Crippen LogP contribution in [0.25, 0.3) is 0 Å². The molecule has 1 heterocycles. The Bertz CT molecular complexity index is 545. The maximum atomic E-state index is 12.0. The van der Waals surface area contributed by atoms with E-state index in [1.807, 2.05) is 0 Å². The summed E-state index contributed by atoms with van der Waals surface area (Å²) in [6.07, 6.45) is 2.20. The smallest absolute Gasteiger partial charge is 0.253 e. The third-order valence-electron chi connectivity index (χ3n) is 3.34. The topological polar surface area (TPSA) is 93.5 Å². The number of benzene rings is 1. The molecule has 4 N–H and O–H groups in total. The molecular weight excluding hydrogens is 306 g/mol. The Hall–Kier alpha value is -1.63. The maximum Gasteiger partial charge on any atom is 0.253 e. The van der Waals surface area contributed by atoms with E-state index in [1.54, 1.807) is 18.2 Å². The van der Waals surface area contributed by atoms with Gasteiger partial charge in [-0.2, -0.15) is 0 Å². The van der Waals surface area contributed by atoms with Gasteiger partial charge in [-0.1, -0.05) is 11.6 Å². The van der Waals surface area contributed by atoms with Gasteiger partial charge in [0.2, 0.25) is 5.91 Å². The molecule has 0 bridgehead atoms. The predicted octanol–water partition coefficient (Wildman–Crippen LogP) is 2.13. The number of halogens is 1. The van der Waals surface area contributed by atoms with Crippen LogP contribution in [0.15, 0.2) is 18.2 Å². The number of hydrogen-bond acceptors (Lipinski definition) is 4. The average Bonchev–Trinajstić information content (AvgIpc) is 3.02. The third-order valence-corrected chi connectivity index (χ3v) is 3.65. The molecule has 120 valence electrons. The fourth-order valence-electron chi connectivity index (χ4n) is 2.18. The zero-order valence-electron chi connectivity index (χ0n) is 12.2. The van der Waals surface area contributed by atoms with Crippen molar-refractivity contribution in [1.29, 1.82) is 0 Å². The first-order valence-electron chi connectivity index (χ1n) is 7.32. The molecule has 2 amide bonds. The summed E-state index contributed by atoms with van der Waals surface area (Å²) in [6.45, 7) is 1.09. The first kappa shape index (κ1) is 16.7. The molecule has 7 heteroatoms. The fourth-order valence-corrected chi connectivity index (χ4v) is 2.41. The summed E-state index contributed by atoms with van der Waals surface area (Å²) in [5.74, 6) is -0.309. The second-order valence-corrected chi connectivity index (χ2v) is 5.53. The van der Waals surface area contributed by atoms with E-state index in [-0.39, 0.29) is 11.8 Å². The number of nitrogens with two attached hydrogens (primary N) is 1. The van der Waals surface area contributed by atoms with E-state index < -0.39 is 6.10 Å². The lowest BCUT2D eigenvalue weighted by Gasteiger charge is -2.13. The molecule has 0 saturated carbocycles. The van der Waals surface area contributed by atoms with Crippen LogP contribution in [0, 0.1) is 0 Å². The minimum atomic E-state index is -0.410. The van der Waals surface area contributed by atoms with Gasteiger partial charge in [0.1, 0.15) is 6.10 Å². The van der Waals surface area contributed by atoms with Gasteiger partial charge in [0, 0.05) is 18.7 Å². The summed E-state index contributed by atoms with van der Waals surface area (Å²) in [7, 11) is 0. The summed E-state index contributed by atoms with van der Waals surface area (Å²) in [6, 6.07) is 4.96. The Balaban J connectivity index is 1.94. The van der Waals surface area contributed by atoms with Gasteiger partial charge in [-0.25, -0.2) is 0 Å². The highest BCUT2D eigenvalue weighted by molar-refractivity contribution is 6.34. The van der Waals surface area contributed by atoms with Crippen LogP contribution in [0.1, 0.15) is 25.7 Å². The van der Waals surface area contributed by atoms with Crippen LogP contribution in [0.2, 0.25) is 5.02 Å². The Morgan fingerprint density at radius 1 is 1.36 bits per heavy atom. The summed E-state index contributed by atoms with van der Waals surface area (Å²) in [4.78, 5) is 23.6. The Morgan fingerprint density at radius 2 is 2.18 bits per heavy atom. The molecule has 0 aliphatic carbocycles. The molecule has 1 fully saturated rings. The van der Waals surface area contributed by atoms with Gasteiger partial charge in [0.15, 0.2) is 0 Å². The molecule has 1 saturated heterocycles. The molecule has 1 aromatic carbocycles. The highest BCUT2D eigenvalue weighted by atomic mass is 35.5. The van der Waals surface area contributed by atoms with Crippen LogP contribution in [-0.4, -0.2) is 31.1 Å². The number of nitrogens with one attached hydrogen (secondary N) is 2. The van der Waals surface area contributed by atoms with E-state index in [0.29, 0.717) is 42.4 Å². The number of amides is 2. The van der Waals surface area contributed by atoms with Crippen molar-refractivity contribution in [3.8, 4) is 0 Å². The van der Waals surface area contributed by atoms with Crippen molar-refractivity contribution in [2.75, 3.05) is 23.8 Å². The summed E-state index contributed by atoms with van der Waals surface area (Å²) in [5.41, 5.74) is 6.45. The monoisotopic (exact) mass is 325 g/mol. The van der Waals surface area contributed by atoms with Gasteiger partial charge in [0.25, 0.3) is 5.91 Å². The molecule has 0 spiro atoms. The largest absolute Gasteiger partial charge is 0.368 e. The lowest BCUT2D eigenvalue weighted by Crippen LogP contribution is -2.27. The van der Waals surface area contributed by atoms with E-state index in [0.717, 1.165) is 12.8 Å².